The summed E-state index contributed by atoms with van der Waals surface area (Å²) in [7, 11) is 1.46. The number of aromatic nitrogens is 4. The van der Waals surface area contributed by atoms with Gasteiger partial charge in [-0.1, -0.05) is 11.6 Å². The summed E-state index contributed by atoms with van der Waals surface area (Å²) in [6.45, 7) is 0.831. The van der Waals surface area contributed by atoms with Crippen LogP contribution in [0.5, 0.6) is 11.5 Å². The van der Waals surface area contributed by atoms with Crippen LogP contribution >= 0.6 is 11.6 Å². The van der Waals surface area contributed by atoms with Crippen LogP contribution in [-0.4, -0.2) is 40.4 Å². The van der Waals surface area contributed by atoms with Crippen molar-refractivity contribution in [2.45, 2.75) is 6.42 Å². The van der Waals surface area contributed by atoms with Crippen molar-refractivity contribution in [1.82, 2.24) is 20.2 Å². The van der Waals surface area contributed by atoms with E-state index in [0.717, 1.165) is 0 Å². The molecule has 0 saturated heterocycles. The fraction of sp³-hybridized carbons (Fsp3) is 0.235. The van der Waals surface area contributed by atoms with Crippen LogP contribution < -0.4 is 20.5 Å². The predicted molar refractivity (Wildman–Crippen MR) is 100 cm³/mol. The summed E-state index contributed by atoms with van der Waals surface area (Å²) in [5.41, 5.74) is 6.63. The molecule has 0 amide bonds. The number of H-pyrrole nitrogens is 1. The molecule has 1 aromatic carbocycles. The minimum Gasteiger partial charge on any atom is -0.496 e. The highest BCUT2D eigenvalue weighted by molar-refractivity contribution is 6.29. The minimum absolute atomic E-state index is 0.290. The minimum atomic E-state index is -0.465. The number of benzene rings is 1. The third-order valence-corrected chi connectivity index (χ3v) is 3.78. The largest absolute Gasteiger partial charge is 0.496 e. The van der Waals surface area contributed by atoms with Gasteiger partial charge < -0.3 is 20.5 Å². The summed E-state index contributed by atoms with van der Waals surface area (Å²) in [4.78, 5) is 8.04. The van der Waals surface area contributed by atoms with Crippen LogP contribution in [0.2, 0.25) is 5.15 Å². The van der Waals surface area contributed by atoms with Crippen molar-refractivity contribution >= 4 is 23.2 Å². The summed E-state index contributed by atoms with van der Waals surface area (Å²) in [6.07, 6.45) is 3.55. The number of halogens is 2. The molecule has 10 heteroatoms. The summed E-state index contributed by atoms with van der Waals surface area (Å²) >= 11 is 5.73. The Balaban J connectivity index is 1.90. The van der Waals surface area contributed by atoms with Crippen molar-refractivity contribution < 1.29 is 13.9 Å². The fourth-order valence-corrected chi connectivity index (χ4v) is 2.48. The average Bonchev–Trinajstić information content (AvgIpc) is 3.11. The van der Waals surface area contributed by atoms with Gasteiger partial charge in [0, 0.05) is 18.2 Å². The van der Waals surface area contributed by atoms with Crippen LogP contribution in [0.25, 0.3) is 11.3 Å². The number of anilines is 2. The number of hydrogen-bond donors (Lipinski definition) is 3. The number of methoxy groups -OCH3 is 1. The van der Waals surface area contributed by atoms with E-state index in [9.17, 15) is 4.39 Å². The van der Waals surface area contributed by atoms with E-state index >= 15 is 0 Å². The molecule has 0 radical (unpaired) electrons. The zero-order valence-corrected chi connectivity index (χ0v) is 15.3. The van der Waals surface area contributed by atoms with Crippen LogP contribution in [0, 0.1) is 5.82 Å². The van der Waals surface area contributed by atoms with Crippen LogP contribution in [-0.2, 0) is 0 Å². The second-order valence-electron chi connectivity index (χ2n) is 5.49. The lowest BCUT2D eigenvalue weighted by molar-refractivity contribution is 0.310. The molecule has 0 aliphatic carbocycles. The van der Waals surface area contributed by atoms with Crippen molar-refractivity contribution in [3.63, 3.8) is 0 Å². The monoisotopic (exact) mass is 392 g/mol. The van der Waals surface area contributed by atoms with Gasteiger partial charge in [-0.15, -0.1) is 0 Å². The SMILES string of the molecule is COc1cc(F)cc(OCCCN)c1-c1cc(Nc2cnc(Cl)cn2)n[nH]1. The molecule has 0 spiro atoms. The Morgan fingerprint density at radius 3 is 2.70 bits per heavy atom. The number of nitrogens with two attached hydrogens (primary N) is 1. The number of hydrogen-bond acceptors (Lipinski definition) is 7. The Bertz CT molecular complexity index is 903. The molecule has 27 heavy (non-hydrogen) atoms. The Morgan fingerprint density at radius 2 is 2.00 bits per heavy atom. The first-order valence-corrected chi connectivity index (χ1v) is 8.49. The molecule has 0 bridgehead atoms. The molecule has 3 aromatic rings. The Labute approximate surface area is 159 Å². The maximum atomic E-state index is 13.9. The predicted octanol–water partition coefficient (Wildman–Crippen LogP) is 3.14. The van der Waals surface area contributed by atoms with E-state index in [0.29, 0.717) is 59.1 Å². The highest BCUT2D eigenvalue weighted by Crippen LogP contribution is 2.39. The van der Waals surface area contributed by atoms with E-state index in [1.54, 1.807) is 6.07 Å². The molecule has 4 N–H and O–H groups in total. The number of nitrogens with zero attached hydrogens (tertiary/aromatic N) is 3. The summed E-state index contributed by atoms with van der Waals surface area (Å²) in [5.74, 6) is 1.15. The van der Waals surface area contributed by atoms with Gasteiger partial charge in [-0.25, -0.2) is 14.4 Å². The van der Waals surface area contributed by atoms with Crippen LogP contribution in [0.3, 0.4) is 0 Å². The van der Waals surface area contributed by atoms with Crippen LogP contribution in [0.4, 0.5) is 16.0 Å². The molecule has 8 nitrogen and oxygen atoms in total. The molecule has 0 atom stereocenters. The molecule has 0 aliphatic heterocycles. The molecule has 3 rings (SSSR count). The molecule has 0 aliphatic rings. The van der Waals surface area contributed by atoms with Gasteiger partial charge in [-0.2, -0.15) is 5.10 Å². The molecule has 2 heterocycles. The molecule has 0 saturated carbocycles. The Hall–Kier alpha value is -2.91. The first kappa shape index (κ1) is 18.9. The first-order valence-electron chi connectivity index (χ1n) is 8.11. The normalized spacial score (nSPS) is 10.7. The topological polar surface area (TPSA) is 111 Å². The summed E-state index contributed by atoms with van der Waals surface area (Å²) < 4.78 is 24.9. The maximum Gasteiger partial charge on any atom is 0.153 e. The molecule has 0 fully saturated rings. The van der Waals surface area contributed by atoms with E-state index in [4.69, 9.17) is 26.8 Å². The van der Waals surface area contributed by atoms with Crippen molar-refractivity contribution in [2.24, 2.45) is 5.73 Å². The fourth-order valence-electron chi connectivity index (χ4n) is 2.39. The Morgan fingerprint density at radius 1 is 1.19 bits per heavy atom. The number of rotatable bonds is 8. The van der Waals surface area contributed by atoms with Crippen LogP contribution in [0.1, 0.15) is 6.42 Å². The van der Waals surface area contributed by atoms with Gasteiger partial charge in [-0.05, 0) is 13.0 Å². The molecule has 2 aromatic heterocycles. The third-order valence-electron chi connectivity index (χ3n) is 3.58. The van der Waals surface area contributed by atoms with E-state index in [1.165, 1.54) is 31.6 Å². The molecule has 142 valence electrons. The highest BCUT2D eigenvalue weighted by atomic mass is 35.5. The first-order chi connectivity index (χ1) is 13.1. The maximum absolute atomic E-state index is 13.9. The quantitative estimate of drug-likeness (QED) is 0.505. The zero-order valence-electron chi connectivity index (χ0n) is 14.5. The smallest absolute Gasteiger partial charge is 0.153 e. The third kappa shape index (κ3) is 4.63. The molecular weight excluding hydrogens is 375 g/mol. The number of ether oxygens (including phenoxy) is 2. The summed E-state index contributed by atoms with van der Waals surface area (Å²) in [5, 5.41) is 10.4. The van der Waals surface area contributed by atoms with Gasteiger partial charge >= 0.3 is 0 Å². The van der Waals surface area contributed by atoms with Crippen molar-refractivity contribution in [1.29, 1.82) is 0 Å². The van der Waals surface area contributed by atoms with Gasteiger partial charge in [-0.3, -0.25) is 5.10 Å². The number of aromatic amines is 1. The van der Waals surface area contributed by atoms with Gasteiger partial charge in [0.25, 0.3) is 0 Å². The molecule has 0 unspecified atom stereocenters. The van der Waals surface area contributed by atoms with Gasteiger partial charge in [0.2, 0.25) is 0 Å². The highest BCUT2D eigenvalue weighted by Gasteiger charge is 2.18. The molecular formula is C17H18ClFN6O2. The Kier molecular flexibility index (Phi) is 6.05. The van der Waals surface area contributed by atoms with E-state index < -0.39 is 5.82 Å². The average molecular weight is 393 g/mol. The van der Waals surface area contributed by atoms with Crippen molar-refractivity contribution in [2.75, 3.05) is 25.6 Å². The van der Waals surface area contributed by atoms with Gasteiger partial charge in [0.1, 0.15) is 28.3 Å². The lowest BCUT2D eigenvalue weighted by atomic mass is 10.1. The number of nitrogens with one attached hydrogen (secondary N) is 2. The van der Waals surface area contributed by atoms with Crippen LogP contribution in [0.15, 0.2) is 30.6 Å². The van der Waals surface area contributed by atoms with Crippen molar-refractivity contribution in [3.05, 3.63) is 41.6 Å². The second kappa shape index (κ2) is 8.65. The van der Waals surface area contributed by atoms with Crippen molar-refractivity contribution in [3.8, 4) is 22.8 Å². The standard InChI is InChI=1S/C17H18ClFN6O2/c1-26-12-5-10(19)6-13(27-4-2-3-20)17(12)11-7-15(25-24-11)23-16-9-21-14(18)8-22-16/h5-9H,2-4,20H2,1H3,(H2,22,23,24,25). The van der Waals surface area contributed by atoms with E-state index in [-0.39, 0.29) is 0 Å². The lowest BCUT2D eigenvalue weighted by Gasteiger charge is -2.14. The summed E-state index contributed by atoms with van der Waals surface area (Å²) in [6, 6.07) is 4.30. The van der Waals surface area contributed by atoms with E-state index in [1.807, 2.05) is 0 Å². The second-order valence-corrected chi connectivity index (χ2v) is 5.88. The lowest BCUT2D eigenvalue weighted by Crippen LogP contribution is -2.07. The van der Waals surface area contributed by atoms with Gasteiger partial charge in [0.05, 0.1) is 37.4 Å². The van der Waals surface area contributed by atoms with Gasteiger partial charge in [0.15, 0.2) is 5.82 Å². The zero-order chi connectivity index (χ0) is 19.2. The van der Waals surface area contributed by atoms with E-state index in [2.05, 4.69) is 25.5 Å².